The largest absolute Gasteiger partial charge is 0.497 e. The molecule has 0 aromatic heterocycles. The Morgan fingerprint density at radius 1 is 1.21 bits per heavy atom. The summed E-state index contributed by atoms with van der Waals surface area (Å²) < 4.78 is 5.92. The van der Waals surface area contributed by atoms with Gasteiger partial charge in [0.05, 0.1) is 12.6 Å². The minimum Gasteiger partial charge on any atom is -0.497 e. The third-order valence-corrected chi connectivity index (χ3v) is 4.92. The van der Waals surface area contributed by atoms with Crippen LogP contribution < -0.4 is 5.32 Å². The summed E-state index contributed by atoms with van der Waals surface area (Å²) in [6.07, 6.45) is 10.2. The summed E-state index contributed by atoms with van der Waals surface area (Å²) in [7, 11) is 0. The fraction of sp³-hybridized carbons (Fsp3) is 0.882. The number of hydrogen-bond acceptors (Lipinski definition) is 2. The quantitative estimate of drug-likeness (QED) is 0.807. The molecule has 0 spiro atoms. The zero-order valence-corrected chi connectivity index (χ0v) is 13.0. The van der Waals surface area contributed by atoms with E-state index in [1.807, 2.05) is 0 Å². The van der Waals surface area contributed by atoms with Crippen molar-refractivity contribution in [2.45, 2.75) is 65.3 Å². The Hall–Kier alpha value is -0.500. The minimum absolute atomic E-state index is 0.471. The fourth-order valence-electron chi connectivity index (χ4n) is 3.66. The van der Waals surface area contributed by atoms with Gasteiger partial charge >= 0.3 is 0 Å². The van der Waals surface area contributed by atoms with Crippen LogP contribution in [-0.2, 0) is 4.74 Å². The van der Waals surface area contributed by atoms with E-state index in [-0.39, 0.29) is 0 Å². The molecule has 2 nitrogen and oxygen atoms in total. The van der Waals surface area contributed by atoms with Crippen molar-refractivity contribution < 1.29 is 4.74 Å². The lowest BCUT2D eigenvalue weighted by Gasteiger charge is -2.37. The lowest BCUT2D eigenvalue weighted by molar-refractivity contribution is 0.126. The van der Waals surface area contributed by atoms with Crippen LogP contribution >= 0.6 is 0 Å². The van der Waals surface area contributed by atoms with Crippen LogP contribution in [0.3, 0.4) is 0 Å². The van der Waals surface area contributed by atoms with Gasteiger partial charge in [0.15, 0.2) is 0 Å². The Balaban J connectivity index is 1.94. The monoisotopic (exact) mass is 265 g/mol. The molecule has 1 unspecified atom stereocenters. The van der Waals surface area contributed by atoms with Crippen molar-refractivity contribution in [3.05, 3.63) is 11.8 Å². The molecule has 0 bridgehead atoms. The number of allylic oxidation sites excluding steroid dienone is 1. The van der Waals surface area contributed by atoms with E-state index >= 15 is 0 Å². The summed E-state index contributed by atoms with van der Waals surface area (Å²) in [5, 5.41) is 3.67. The zero-order chi connectivity index (χ0) is 13.7. The zero-order valence-electron chi connectivity index (χ0n) is 13.0. The molecule has 0 aromatic rings. The van der Waals surface area contributed by atoms with Gasteiger partial charge in [-0.3, -0.25) is 0 Å². The van der Waals surface area contributed by atoms with Gasteiger partial charge in [0, 0.05) is 0 Å². The van der Waals surface area contributed by atoms with Crippen molar-refractivity contribution in [1.82, 2.24) is 5.32 Å². The van der Waals surface area contributed by atoms with E-state index < -0.39 is 0 Å². The van der Waals surface area contributed by atoms with Gasteiger partial charge in [0.1, 0.15) is 5.76 Å². The summed E-state index contributed by atoms with van der Waals surface area (Å²) in [5.41, 5.74) is 0. The minimum atomic E-state index is 0.471. The molecular formula is C17H31NO. The van der Waals surface area contributed by atoms with E-state index in [0.717, 1.165) is 30.9 Å². The second kappa shape index (κ2) is 7.33. The third-order valence-electron chi connectivity index (χ3n) is 4.92. The predicted molar refractivity (Wildman–Crippen MR) is 81.0 cm³/mol. The highest BCUT2D eigenvalue weighted by Crippen LogP contribution is 2.36. The van der Waals surface area contributed by atoms with E-state index in [9.17, 15) is 0 Å². The average molecular weight is 265 g/mol. The first-order chi connectivity index (χ1) is 9.22. The molecule has 2 rings (SSSR count). The standard InChI is InChI=1S/C17H31NO/c1-4-18-17(16-7-5-6-12-19-16)15-10-8-14(9-11-15)13(2)3/h7,13-15,17-18H,4-6,8-12H2,1-3H3. The molecule has 0 radical (unpaired) electrons. The Morgan fingerprint density at radius 3 is 2.42 bits per heavy atom. The average Bonchev–Trinajstić information content (AvgIpc) is 2.46. The van der Waals surface area contributed by atoms with Crippen LogP contribution in [0.2, 0.25) is 0 Å². The summed E-state index contributed by atoms with van der Waals surface area (Å²) in [6.45, 7) is 8.90. The number of rotatable bonds is 5. The molecule has 1 saturated carbocycles. The normalized spacial score (nSPS) is 29.8. The lowest BCUT2D eigenvalue weighted by Crippen LogP contribution is -2.41. The van der Waals surface area contributed by atoms with E-state index in [2.05, 4.69) is 32.2 Å². The van der Waals surface area contributed by atoms with Gasteiger partial charge in [0.2, 0.25) is 0 Å². The van der Waals surface area contributed by atoms with Crippen LogP contribution in [0.1, 0.15) is 59.3 Å². The van der Waals surface area contributed by atoms with Crippen LogP contribution in [0, 0.1) is 17.8 Å². The third kappa shape index (κ3) is 3.98. The Bertz CT molecular complexity index is 290. The van der Waals surface area contributed by atoms with Crippen LogP contribution in [0.4, 0.5) is 0 Å². The van der Waals surface area contributed by atoms with E-state index in [1.54, 1.807) is 0 Å². The Morgan fingerprint density at radius 2 is 1.89 bits per heavy atom. The van der Waals surface area contributed by atoms with Crippen LogP contribution in [0.5, 0.6) is 0 Å². The summed E-state index contributed by atoms with van der Waals surface area (Å²) in [6, 6.07) is 0.471. The maximum absolute atomic E-state index is 5.92. The first-order valence-corrected chi connectivity index (χ1v) is 8.28. The van der Waals surface area contributed by atoms with Crippen molar-refractivity contribution >= 4 is 0 Å². The molecule has 110 valence electrons. The van der Waals surface area contributed by atoms with Gasteiger partial charge in [-0.1, -0.05) is 20.8 Å². The van der Waals surface area contributed by atoms with Crippen LogP contribution in [0.15, 0.2) is 11.8 Å². The molecular weight excluding hydrogens is 234 g/mol. The highest BCUT2D eigenvalue weighted by Gasteiger charge is 2.31. The van der Waals surface area contributed by atoms with Crippen LogP contribution in [-0.4, -0.2) is 19.2 Å². The Kier molecular flexibility index (Phi) is 5.75. The molecule has 0 aromatic carbocycles. The van der Waals surface area contributed by atoms with Gasteiger partial charge in [-0.05, 0) is 68.9 Å². The molecule has 1 N–H and O–H groups in total. The second-order valence-corrected chi connectivity index (χ2v) is 6.55. The first-order valence-electron chi connectivity index (χ1n) is 8.28. The maximum Gasteiger partial charge on any atom is 0.109 e. The summed E-state index contributed by atoms with van der Waals surface area (Å²) >= 11 is 0. The van der Waals surface area contributed by atoms with Gasteiger partial charge < -0.3 is 10.1 Å². The molecule has 1 atom stereocenters. The number of likely N-dealkylation sites (N-methyl/N-ethyl adjacent to an activating group) is 1. The molecule has 1 aliphatic carbocycles. The van der Waals surface area contributed by atoms with Crippen LogP contribution in [0.25, 0.3) is 0 Å². The molecule has 2 aliphatic rings. The first kappa shape index (κ1) is 14.9. The summed E-state index contributed by atoms with van der Waals surface area (Å²) in [4.78, 5) is 0. The number of hydrogen-bond donors (Lipinski definition) is 1. The number of nitrogens with one attached hydrogen (secondary N) is 1. The topological polar surface area (TPSA) is 21.3 Å². The molecule has 1 aliphatic heterocycles. The van der Waals surface area contributed by atoms with E-state index in [1.165, 1.54) is 44.3 Å². The van der Waals surface area contributed by atoms with Gasteiger partial charge in [0.25, 0.3) is 0 Å². The number of ether oxygens (including phenoxy) is 1. The van der Waals surface area contributed by atoms with E-state index in [4.69, 9.17) is 4.74 Å². The second-order valence-electron chi connectivity index (χ2n) is 6.55. The van der Waals surface area contributed by atoms with Crippen molar-refractivity contribution in [2.24, 2.45) is 17.8 Å². The molecule has 1 heterocycles. The van der Waals surface area contributed by atoms with Gasteiger partial charge in [-0.15, -0.1) is 0 Å². The molecule has 0 saturated heterocycles. The van der Waals surface area contributed by atoms with E-state index in [0.29, 0.717) is 6.04 Å². The lowest BCUT2D eigenvalue weighted by atomic mass is 9.74. The van der Waals surface area contributed by atoms with Gasteiger partial charge in [-0.2, -0.15) is 0 Å². The maximum atomic E-state index is 5.92. The highest BCUT2D eigenvalue weighted by atomic mass is 16.5. The highest BCUT2D eigenvalue weighted by molar-refractivity contribution is 5.08. The van der Waals surface area contributed by atoms with Crippen molar-refractivity contribution in [1.29, 1.82) is 0 Å². The summed E-state index contributed by atoms with van der Waals surface area (Å²) in [5.74, 6) is 3.81. The smallest absolute Gasteiger partial charge is 0.109 e. The molecule has 1 fully saturated rings. The SMILES string of the molecule is CCNC(C1=CCCCO1)C1CCC(C(C)C)CC1. The predicted octanol–water partition coefficient (Wildman–Crippen LogP) is 4.12. The van der Waals surface area contributed by atoms with Crippen molar-refractivity contribution in [3.8, 4) is 0 Å². The molecule has 19 heavy (non-hydrogen) atoms. The Labute approximate surface area is 119 Å². The van der Waals surface area contributed by atoms with Crippen molar-refractivity contribution in [3.63, 3.8) is 0 Å². The molecule has 0 amide bonds. The fourth-order valence-corrected chi connectivity index (χ4v) is 3.66. The van der Waals surface area contributed by atoms with Gasteiger partial charge in [-0.25, -0.2) is 0 Å². The molecule has 2 heteroatoms. The van der Waals surface area contributed by atoms with Crippen molar-refractivity contribution in [2.75, 3.05) is 13.2 Å².